The molecule has 2 rings (SSSR count). The third-order valence-corrected chi connectivity index (χ3v) is 3.02. The first-order chi connectivity index (χ1) is 6.36. The van der Waals surface area contributed by atoms with E-state index >= 15 is 0 Å². The van der Waals surface area contributed by atoms with Crippen molar-refractivity contribution in [2.45, 2.75) is 38.1 Å². The van der Waals surface area contributed by atoms with E-state index in [4.69, 9.17) is 0 Å². The Bertz CT molecular complexity index is 187. The van der Waals surface area contributed by atoms with Crippen LogP contribution in [-0.2, 0) is 4.79 Å². The summed E-state index contributed by atoms with van der Waals surface area (Å²) in [6.45, 7) is 3.06. The quantitative estimate of drug-likeness (QED) is 0.683. The molecule has 2 heterocycles. The molecule has 0 aliphatic carbocycles. The smallest absolute Gasteiger partial charge is 0.222 e. The lowest BCUT2D eigenvalue weighted by atomic mass is 10.1. The van der Waals surface area contributed by atoms with Gasteiger partial charge >= 0.3 is 0 Å². The second-order valence-electron chi connectivity index (χ2n) is 4.09. The lowest BCUT2D eigenvalue weighted by molar-refractivity contribution is -0.133. The van der Waals surface area contributed by atoms with Crippen LogP contribution in [0.3, 0.4) is 0 Å². The minimum Gasteiger partial charge on any atom is -0.341 e. The fourth-order valence-electron chi connectivity index (χ4n) is 2.23. The molecular weight excluding hydrogens is 164 g/mol. The molecule has 2 aliphatic rings. The van der Waals surface area contributed by atoms with Gasteiger partial charge in [0.05, 0.1) is 0 Å². The van der Waals surface area contributed by atoms with Gasteiger partial charge in [0.25, 0.3) is 0 Å². The van der Waals surface area contributed by atoms with Gasteiger partial charge in [-0.3, -0.25) is 4.79 Å². The molecule has 1 amide bonds. The number of hydrogen-bond donors (Lipinski definition) is 1. The summed E-state index contributed by atoms with van der Waals surface area (Å²) in [5.41, 5.74) is 0. The number of hydrogen-bond acceptors (Lipinski definition) is 2. The molecule has 0 saturated carbocycles. The van der Waals surface area contributed by atoms with Crippen LogP contribution in [0.5, 0.6) is 0 Å². The van der Waals surface area contributed by atoms with E-state index in [9.17, 15) is 4.79 Å². The minimum atomic E-state index is 0.361. The van der Waals surface area contributed by atoms with Gasteiger partial charge in [0.1, 0.15) is 0 Å². The summed E-state index contributed by atoms with van der Waals surface area (Å²) in [5.74, 6) is 0.361. The maximum absolute atomic E-state index is 11.5. The van der Waals surface area contributed by atoms with Gasteiger partial charge in [-0.05, 0) is 32.2 Å². The Morgan fingerprint density at radius 3 is 3.00 bits per heavy atom. The average molecular weight is 182 g/mol. The third-order valence-electron chi connectivity index (χ3n) is 3.02. The number of likely N-dealkylation sites (tertiary alicyclic amines) is 1. The van der Waals surface area contributed by atoms with Crippen molar-refractivity contribution in [1.82, 2.24) is 10.2 Å². The van der Waals surface area contributed by atoms with Gasteiger partial charge in [0, 0.05) is 25.6 Å². The van der Waals surface area contributed by atoms with Crippen molar-refractivity contribution in [2.75, 3.05) is 19.6 Å². The number of nitrogens with one attached hydrogen (secondary N) is 1. The van der Waals surface area contributed by atoms with Crippen LogP contribution >= 0.6 is 0 Å². The fourth-order valence-corrected chi connectivity index (χ4v) is 2.23. The molecule has 1 atom stereocenters. The maximum Gasteiger partial charge on any atom is 0.222 e. The van der Waals surface area contributed by atoms with Gasteiger partial charge < -0.3 is 10.2 Å². The second kappa shape index (κ2) is 4.09. The largest absolute Gasteiger partial charge is 0.341 e. The van der Waals surface area contributed by atoms with Gasteiger partial charge in [-0.25, -0.2) is 0 Å². The molecule has 0 bridgehead atoms. The Morgan fingerprint density at radius 1 is 1.38 bits per heavy atom. The van der Waals surface area contributed by atoms with E-state index < -0.39 is 0 Å². The summed E-state index contributed by atoms with van der Waals surface area (Å²) in [4.78, 5) is 13.5. The highest BCUT2D eigenvalue weighted by Crippen LogP contribution is 2.13. The SMILES string of the molecule is O=C1CCCCN1C[C@H]1CCCN1. The molecule has 3 heteroatoms. The highest BCUT2D eigenvalue weighted by molar-refractivity contribution is 5.76. The van der Waals surface area contributed by atoms with Gasteiger partial charge in [-0.15, -0.1) is 0 Å². The zero-order valence-corrected chi connectivity index (χ0v) is 8.09. The predicted molar refractivity (Wildman–Crippen MR) is 51.5 cm³/mol. The van der Waals surface area contributed by atoms with Crippen LogP contribution in [0.1, 0.15) is 32.1 Å². The second-order valence-corrected chi connectivity index (χ2v) is 4.09. The lowest BCUT2D eigenvalue weighted by Crippen LogP contribution is -2.43. The molecule has 0 unspecified atom stereocenters. The zero-order chi connectivity index (χ0) is 9.10. The molecule has 13 heavy (non-hydrogen) atoms. The molecular formula is C10H18N2O. The number of nitrogens with zero attached hydrogens (tertiary/aromatic N) is 1. The molecule has 74 valence electrons. The lowest BCUT2D eigenvalue weighted by Gasteiger charge is -2.29. The van der Waals surface area contributed by atoms with Crippen LogP contribution in [0.2, 0.25) is 0 Å². The van der Waals surface area contributed by atoms with Gasteiger partial charge in [-0.2, -0.15) is 0 Å². The van der Waals surface area contributed by atoms with E-state index in [1.807, 2.05) is 4.90 Å². The van der Waals surface area contributed by atoms with E-state index in [0.717, 1.165) is 32.5 Å². The van der Waals surface area contributed by atoms with Crippen molar-refractivity contribution in [3.8, 4) is 0 Å². The monoisotopic (exact) mass is 182 g/mol. The van der Waals surface area contributed by atoms with Crippen LogP contribution in [0.25, 0.3) is 0 Å². The number of carbonyl (C=O) groups is 1. The average Bonchev–Trinajstić information content (AvgIpc) is 2.61. The first kappa shape index (κ1) is 9.00. The Morgan fingerprint density at radius 2 is 2.31 bits per heavy atom. The Balaban J connectivity index is 1.81. The van der Waals surface area contributed by atoms with E-state index in [1.54, 1.807) is 0 Å². The van der Waals surface area contributed by atoms with Crippen LogP contribution in [0.15, 0.2) is 0 Å². The minimum absolute atomic E-state index is 0.361. The van der Waals surface area contributed by atoms with Gasteiger partial charge in [-0.1, -0.05) is 0 Å². The van der Waals surface area contributed by atoms with Crippen molar-refractivity contribution >= 4 is 5.91 Å². The van der Waals surface area contributed by atoms with Crippen molar-refractivity contribution in [2.24, 2.45) is 0 Å². The number of rotatable bonds is 2. The molecule has 0 radical (unpaired) electrons. The fraction of sp³-hybridized carbons (Fsp3) is 0.900. The normalized spacial score (nSPS) is 29.7. The first-order valence-corrected chi connectivity index (χ1v) is 5.37. The molecule has 2 fully saturated rings. The molecule has 2 saturated heterocycles. The molecule has 0 aromatic heterocycles. The van der Waals surface area contributed by atoms with Crippen LogP contribution < -0.4 is 5.32 Å². The number of carbonyl (C=O) groups excluding carboxylic acids is 1. The van der Waals surface area contributed by atoms with Crippen LogP contribution in [-0.4, -0.2) is 36.5 Å². The summed E-state index contributed by atoms with van der Waals surface area (Å²) >= 11 is 0. The highest BCUT2D eigenvalue weighted by Gasteiger charge is 2.22. The van der Waals surface area contributed by atoms with E-state index in [1.165, 1.54) is 19.3 Å². The molecule has 1 N–H and O–H groups in total. The van der Waals surface area contributed by atoms with E-state index in [2.05, 4.69) is 5.32 Å². The van der Waals surface area contributed by atoms with Crippen LogP contribution in [0, 0.1) is 0 Å². The molecule has 0 aromatic carbocycles. The van der Waals surface area contributed by atoms with Gasteiger partial charge in [0.2, 0.25) is 5.91 Å². The van der Waals surface area contributed by atoms with Crippen molar-refractivity contribution in [3.63, 3.8) is 0 Å². The van der Waals surface area contributed by atoms with Crippen molar-refractivity contribution in [3.05, 3.63) is 0 Å². The maximum atomic E-state index is 11.5. The molecule has 2 aliphatic heterocycles. The molecule has 0 spiro atoms. The molecule has 3 nitrogen and oxygen atoms in total. The van der Waals surface area contributed by atoms with Crippen molar-refractivity contribution < 1.29 is 4.79 Å². The summed E-state index contributed by atoms with van der Waals surface area (Å²) < 4.78 is 0. The number of piperidine rings is 1. The summed E-state index contributed by atoms with van der Waals surface area (Å²) in [6.07, 6.45) is 5.56. The topological polar surface area (TPSA) is 32.3 Å². The first-order valence-electron chi connectivity index (χ1n) is 5.37. The molecule has 0 aromatic rings. The van der Waals surface area contributed by atoms with Crippen LogP contribution in [0.4, 0.5) is 0 Å². The highest BCUT2D eigenvalue weighted by atomic mass is 16.2. The number of amides is 1. The van der Waals surface area contributed by atoms with E-state index in [-0.39, 0.29) is 0 Å². The van der Waals surface area contributed by atoms with E-state index in [0.29, 0.717) is 11.9 Å². The van der Waals surface area contributed by atoms with Gasteiger partial charge in [0.15, 0.2) is 0 Å². The third kappa shape index (κ3) is 2.21. The van der Waals surface area contributed by atoms with Crippen molar-refractivity contribution in [1.29, 1.82) is 0 Å². The zero-order valence-electron chi connectivity index (χ0n) is 8.09. The predicted octanol–water partition coefficient (Wildman–Crippen LogP) is 0.751. The standard InChI is InChI=1S/C10H18N2O/c13-10-5-1-2-7-12(10)8-9-4-3-6-11-9/h9,11H,1-8H2/t9-/m1/s1. The summed E-state index contributed by atoms with van der Waals surface area (Å²) in [7, 11) is 0. The Labute approximate surface area is 79.5 Å². The summed E-state index contributed by atoms with van der Waals surface area (Å²) in [5, 5.41) is 3.43. The Hall–Kier alpha value is -0.570. The summed E-state index contributed by atoms with van der Waals surface area (Å²) in [6, 6.07) is 0.571. The Kier molecular flexibility index (Phi) is 2.83.